The molecule has 0 aliphatic heterocycles. The number of amides is 1. The van der Waals surface area contributed by atoms with Gasteiger partial charge in [-0.1, -0.05) is 145 Å². The first-order valence-electron chi connectivity index (χ1n) is 21.2. The van der Waals surface area contributed by atoms with Gasteiger partial charge in [-0.25, -0.2) is 4.57 Å². The summed E-state index contributed by atoms with van der Waals surface area (Å²) < 4.78 is 23.4. The second-order valence-electron chi connectivity index (χ2n) is 15.3. The van der Waals surface area contributed by atoms with E-state index in [1.54, 1.807) is 6.08 Å². The Balaban J connectivity index is 4.37. The van der Waals surface area contributed by atoms with E-state index in [1.165, 1.54) is 83.5 Å². The van der Waals surface area contributed by atoms with E-state index < -0.39 is 20.0 Å². The van der Waals surface area contributed by atoms with Crippen molar-refractivity contribution in [3.63, 3.8) is 0 Å². The number of carbonyl (C=O) groups excluding carboxylic acids is 1. The van der Waals surface area contributed by atoms with E-state index in [2.05, 4.69) is 67.8 Å². The summed E-state index contributed by atoms with van der Waals surface area (Å²) in [6.45, 7) is 4.62. The van der Waals surface area contributed by atoms with Crippen molar-refractivity contribution < 1.29 is 32.9 Å². The van der Waals surface area contributed by atoms with Crippen LogP contribution < -0.4 is 5.32 Å². The van der Waals surface area contributed by atoms with Gasteiger partial charge in [0, 0.05) is 6.42 Å². The predicted molar refractivity (Wildman–Crippen MR) is 226 cm³/mol. The number of hydrogen-bond acceptors (Lipinski definition) is 5. The van der Waals surface area contributed by atoms with Crippen molar-refractivity contribution in [2.24, 2.45) is 0 Å². The molecule has 0 aromatic heterocycles. The molecule has 0 fully saturated rings. The summed E-state index contributed by atoms with van der Waals surface area (Å²) in [6.07, 6.45) is 45.9. The molecule has 0 radical (unpaired) electrons. The van der Waals surface area contributed by atoms with Gasteiger partial charge in [0.05, 0.1) is 39.9 Å². The van der Waals surface area contributed by atoms with Crippen LogP contribution >= 0.6 is 7.82 Å². The van der Waals surface area contributed by atoms with Crippen molar-refractivity contribution in [2.75, 3.05) is 40.9 Å². The lowest BCUT2D eigenvalue weighted by atomic mass is 10.1. The molecule has 0 spiro atoms. The Morgan fingerprint density at radius 1 is 0.660 bits per heavy atom. The minimum absolute atomic E-state index is 0.0500. The molecule has 0 saturated carbocycles. The van der Waals surface area contributed by atoms with Crippen molar-refractivity contribution in [3.05, 3.63) is 60.8 Å². The summed E-state index contributed by atoms with van der Waals surface area (Å²) in [4.78, 5) is 23.0. The maximum Gasteiger partial charge on any atom is 0.472 e. The number of quaternary nitrogens is 1. The number of nitrogens with one attached hydrogen (secondary N) is 1. The highest BCUT2D eigenvalue weighted by Crippen LogP contribution is 2.43. The molecular weight excluding hydrogens is 683 g/mol. The van der Waals surface area contributed by atoms with Crippen molar-refractivity contribution >= 4 is 13.7 Å². The molecule has 0 aliphatic rings. The molecule has 0 aromatic rings. The van der Waals surface area contributed by atoms with Gasteiger partial charge < -0.3 is 19.8 Å². The standard InChI is InChI=1S/C44H81N2O6P/c1-6-8-10-12-14-16-18-19-20-21-22-23-24-25-26-27-28-30-32-34-36-38-44(48)45-42(41-52-53(49,50)51-40-39-46(3,4)5)43(47)37-35-33-31-29-17-15-13-11-9-7-2/h9,11,17-19,21-22,29,35,37,42-43,47H,6-8,10,12-16,20,23-28,30-34,36,38-41H2,1-5H3,(H-,45,48,49,50)/p+1/b11-9+,19-18-,22-21-,29-17+,37-35+. The van der Waals surface area contributed by atoms with E-state index in [0.717, 1.165) is 57.8 Å². The van der Waals surface area contributed by atoms with Gasteiger partial charge in [0.1, 0.15) is 13.2 Å². The zero-order chi connectivity index (χ0) is 39.3. The van der Waals surface area contributed by atoms with E-state index in [1.807, 2.05) is 27.2 Å². The van der Waals surface area contributed by atoms with Crippen LogP contribution in [0.25, 0.3) is 0 Å². The van der Waals surface area contributed by atoms with Gasteiger partial charge in [0.2, 0.25) is 5.91 Å². The Morgan fingerprint density at radius 2 is 1.15 bits per heavy atom. The molecule has 0 bridgehead atoms. The Labute approximate surface area is 326 Å². The van der Waals surface area contributed by atoms with Gasteiger partial charge in [-0.05, 0) is 70.6 Å². The van der Waals surface area contributed by atoms with Crippen LogP contribution in [-0.2, 0) is 18.4 Å². The quantitative estimate of drug-likeness (QED) is 0.0252. The maximum atomic E-state index is 12.8. The zero-order valence-electron chi connectivity index (χ0n) is 34.7. The molecular formula is C44H82N2O6P+. The second-order valence-corrected chi connectivity index (χ2v) is 16.8. The van der Waals surface area contributed by atoms with Crippen LogP contribution in [0, 0.1) is 0 Å². The van der Waals surface area contributed by atoms with Crippen molar-refractivity contribution in [1.82, 2.24) is 5.32 Å². The molecule has 0 rings (SSSR count). The van der Waals surface area contributed by atoms with Gasteiger partial charge in [0.25, 0.3) is 0 Å². The molecule has 0 aromatic carbocycles. The van der Waals surface area contributed by atoms with E-state index in [4.69, 9.17) is 9.05 Å². The number of allylic oxidation sites excluding steroid dienone is 9. The summed E-state index contributed by atoms with van der Waals surface area (Å²) in [7, 11) is 1.53. The minimum Gasteiger partial charge on any atom is -0.387 e. The van der Waals surface area contributed by atoms with Crippen molar-refractivity contribution in [1.29, 1.82) is 0 Å². The van der Waals surface area contributed by atoms with E-state index >= 15 is 0 Å². The summed E-state index contributed by atoms with van der Waals surface area (Å²) in [5.74, 6) is -0.201. The van der Waals surface area contributed by atoms with Crippen LogP contribution in [0.5, 0.6) is 0 Å². The number of phosphoric acid groups is 1. The Morgan fingerprint density at radius 3 is 1.70 bits per heavy atom. The monoisotopic (exact) mass is 766 g/mol. The third-order valence-corrected chi connectivity index (χ3v) is 9.93. The molecule has 53 heavy (non-hydrogen) atoms. The third-order valence-electron chi connectivity index (χ3n) is 8.95. The van der Waals surface area contributed by atoms with E-state index in [0.29, 0.717) is 17.4 Å². The van der Waals surface area contributed by atoms with Gasteiger partial charge >= 0.3 is 7.82 Å². The van der Waals surface area contributed by atoms with Crippen LogP contribution in [0.2, 0.25) is 0 Å². The average molecular weight is 766 g/mol. The lowest BCUT2D eigenvalue weighted by Crippen LogP contribution is -2.45. The number of nitrogens with zero attached hydrogens (tertiary/aromatic N) is 1. The number of aliphatic hydroxyl groups is 1. The van der Waals surface area contributed by atoms with E-state index in [9.17, 15) is 19.4 Å². The first-order chi connectivity index (χ1) is 25.5. The summed E-state index contributed by atoms with van der Waals surface area (Å²) in [5, 5.41) is 13.7. The fourth-order valence-corrected chi connectivity index (χ4v) is 6.31. The maximum absolute atomic E-state index is 12.8. The van der Waals surface area contributed by atoms with Crippen LogP contribution in [0.1, 0.15) is 162 Å². The second kappa shape index (κ2) is 35.9. The molecule has 9 heteroatoms. The number of carbonyl (C=O) groups is 1. The molecule has 308 valence electrons. The fraction of sp³-hybridized carbons (Fsp3) is 0.750. The SMILES string of the molecule is CC/C=C/CC/C=C/CC/C=C/C(O)C(COP(=O)(O)OCC[N+](C)(C)C)NC(=O)CCCCCCCCCCC/C=C\C/C=C\CCCCCCC. The number of phosphoric ester groups is 1. The average Bonchev–Trinajstić information content (AvgIpc) is 3.10. The molecule has 1 amide bonds. The van der Waals surface area contributed by atoms with Crippen molar-refractivity contribution in [2.45, 2.75) is 174 Å². The largest absolute Gasteiger partial charge is 0.472 e. The number of unbranched alkanes of at least 4 members (excludes halogenated alkanes) is 16. The predicted octanol–water partition coefficient (Wildman–Crippen LogP) is 11.5. The van der Waals surface area contributed by atoms with Gasteiger partial charge in [-0.15, -0.1) is 0 Å². The first-order valence-corrected chi connectivity index (χ1v) is 22.7. The lowest BCUT2D eigenvalue weighted by Gasteiger charge is -2.25. The van der Waals surface area contributed by atoms with Crippen LogP contribution in [0.4, 0.5) is 0 Å². The highest BCUT2D eigenvalue weighted by atomic mass is 31.2. The topological polar surface area (TPSA) is 105 Å². The number of hydrogen-bond donors (Lipinski definition) is 3. The fourth-order valence-electron chi connectivity index (χ4n) is 5.58. The molecule has 3 atom stereocenters. The number of rotatable bonds is 37. The summed E-state index contributed by atoms with van der Waals surface area (Å²) in [5.41, 5.74) is 0. The van der Waals surface area contributed by atoms with Gasteiger partial charge in [0.15, 0.2) is 0 Å². The Hall–Kier alpha value is -1.80. The molecule has 3 unspecified atom stereocenters. The van der Waals surface area contributed by atoms with E-state index in [-0.39, 0.29) is 19.1 Å². The minimum atomic E-state index is -4.35. The molecule has 0 heterocycles. The molecule has 0 saturated heterocycles. The zero-order valence-corrected chi connectivity index (χ0v) is 35.6. The van der Waals surface area contributed by atoms with Gasteiger partial charge in [-0.3, -0.25) is 13.8 Å². The normalized spacial score (nSPS) is 15.1. The first kappa shape index (κ1) is 51.2. The summed E-state index contributed by atoms with van der Waals surface area (Å²) >= 11 is 0. The lowest BCUT2D eigenvalue weighted by molar-refractivity contribution is -0.870. The Bertz CT molecular complexity index is 1050. The molecule has 3 N–H and O–H groups in total. The number of aliphatic hydroxyl groups excluding tert-OH is 1. The Kier molecular flexibility index (Phi) is 34.7. The summed E-state index contributed by atoms with van der Waals surface area (Å²) in [6, 6.07) is -0.871. The molecule has 8 nitrogen and oxygen atoms in total. The number of likely N-dealkylation sites (N-methyl/N-ethyl adjacent to an activating group) is 1. The highest BCUT2D eigenvalue weighted by molar-refractivity contribution is 7.47. The highest BCUT2D eigenvalue weighted by Gasteiger charge is 2.27. The molecule has 0 aliphatic carbocycles. The van der Waals surface area contributed by atoms with Crippen LogP contribution in [0.3, 0.4) is 0 Å². The van der Waals surface area contributed by atoms with Gasteiger partial charge in [-0.2, -0.15) is 0 Å². The smallest absolute Gasteiger partial charge is 0.387 e. The van der Waals surface area contributed by atoms with Crippen LogP contribution in [-0.4, -0.2) is 73.4 Å². The van der Waals surface area contributed by atoms with Crippen molar-refractivity contribution in [3.8, 4) is 0 Å². The van der Waals surface area contributed by atoms with Crippen LogP contribution in [0.15, 0.2) is 60.8 Å². The third kappa shape index (κ3) is 38.3.